The molecule has 1 heterocycles. The highest BCUT2D eigenvalue weighted by molar-refractivity contribution is 6.32. The van der Waals surface area contributed by atoms with Gasteiger partial charge in [-0.15, -0.1) is 5.10 Å². The minimum absolute atomic E-state index is 0.0478. The zero-order valence-electron chi connectivity index (χ0n) is 15.5. The van der Waals surface area contributed by atoms with Gasteiger partial charge in [-0.25, -0.2) is 4.68 Å². The first kappa shape index (κ1) is 22.2. The minimum atomic E-state index is -1.77. The second-order valence-corrected chi connectivity index (χ2v) is 6.77. The summed E-state index contributed by atoms with van der Waals surface area (Å²) in [5.74, 6) is 0.172. The Bertz CT molecular complexity index is 745. The number of amides is 1. The highest BCUT2D eigenvalue weighted by Crippen LogP contribution is 2.17. The van der Waals surface area contributed by atoms with Crippen LogP contribution in [-0.2, 0) is 16.0 Å². The van der Waals surface area contributed by atoms with Gasteiger partial charge in [0, 0.05) is 11.6 Å². The lowest BCUT2D eigenvalue weighted by atomic mass is 10.1. The number of hydrogen-bond acceptors (Lipinski definition) is 8. The summed E-state index contributed by atoms with van der Waals surface area (Å²) in [4.78, 5) is 12.3. The third-order valence-corrected chi connectivity index (χ3v) is 4.36. The van der Waals surface area contributed by atoms with Crippen molar-refractivity contribution in [2.24, 2.45) is 5.73 Å². The molecule has 28 heavy (non-hydrogen) atoms. The maximum Gasteiger partial charge on any atom is 0.633 e. The molecule has 1 aromatic heterocycles. The van der Waals surface area contributed by atoms with E-state index in [0.717, 1.165) is 5.56 Å². The Morgan fingerprint density at radius 3 is 2.75 bits per heavy atom. The highest BCUT2D eigenvalue weighted by Gasteiger charge is 2.18. The summed E-state index contributed by atoms with van der Waals surface area (Å²) in [6.07, 6.45) is 1.85. The predicted molar refractivity (Wildman–Crippen MR) is 103 cm³/mol. The molecule has 5 N–H and O–H groups in total. The van der Waals surface area contributed by atoms with Crippen LogP contribution in [0.15, 0.2) is 24.3 Å². The van der Waals surface area contributed by atoms with Crippen molar-refractivity contribution < 1.29 is 19.5 Å². The number of carbonyl (C=O) groups is 1. The molecule has 0 aliphatic rings. The van der Waals surface area contributed by atoms with Crippen molar-refractivity contribution in [1.82, 2.24) is 25.5 Å². The van der Waals surface area contributed by atoms with Crippen molar-refractivity contribution in [3.63, 3.8) is 0 Å². The normalized spacial score (nSPS) is 13.2. The fourth-order valence-corrected chi connectivity index (χ4v) is 2.76. The number of tetrazole rings is 1. The van der Waals surface area contributed by atoms with E-state index >= 15 is 0 Å². The van der Waals surface area contributed by atoms with Gasteiger partial charge < -0.3 is 25.8 Å². The zero-order chi connectivity index (χ0) is 20.5. The quantitative estimate of drug-likeness (QED) is 0.306. The van der Waals surface area contributed by atoms with Gasteiger partial charge in [-0.3, -0.25) is 4.79 Å². The lowest BCUT2D eigenvalue weighted by molar-refractivity contribution is -0.122. The topological polar surface area (TPSA) is 148 Å². The summed E-state index contributed by atoms with van der Waals surface area (Å²) >= 11 is 5.88. The SMILES string of the molecule is C[C@H](NC(=O)Cn1nnnc1C(N)CCCCOB(O)O)c1ccc(Cl)cc1. The molecule has 2 aromatic rings. The van der Waals surface area contributed by atoms with E-state index in [1.807, 2.05) is 19.1 Å². The first-order valence-corrected chi connectivity index (χ1v) is 9.29. The van der Waals surface area contributed by atoms with Crippen LogP contribution in [0, 0.1) is 0 Å². The molecule has 0 aliphatic carbocycles. The van der Waals surface area contributed by atoms with E-state index < -0.39 is 13.4 Å². The summed E-state index contributed by atoms with van der Waals surface area (Å²) in [5, 5.41) is 32.1. The van der Waals surface area contributed by atoms with Crippen LogP contribution in [0.25, 0.3) is 0 Å². The molecular weight excluding hydrogens is 386 g/mol. The van der Waals surface area contributed by atoms with Crippen LogP contribution in [0.3, 0.4) is 0 Å². The van der Waals surface area contributed by atoms with Gasteiger partial charge in [0.1, 0.15) is 6.54 Å². The van der Waals surface area contributed by atoms with Crippen LogP contribution in [0.1, 0.15) is 49.7 Å². The number of aromatic nitrogens is 4. The van der Waals surface area contributed by atoms with Crippen molar-refractivity contribution >= 4 is 24.8 Å². The van der Waals surface area contributed by atoms with Gasteiger partial charge in [-0.1, -0.05) is 23.7 Å². The Hall–Kier alpha value is -2.05. The monoisotopic (exact) mass is 410 g/mol. The lowest BCUT2D eigenvalue weighted by Crippen LogP contribution is -2.31. The van der Waals surface area contributed by atoms with Crippen LogP contribution >= 0.6 is 11.6 Å². The van der Waals surface area contributed by atoms with E-state index in [1.54, 1.807) is 12.1 Å². The second kappa shape index (κ2) is 11.1. The molecule has 2 atom stereocenters. The number of carbonyl (C=O) groups excluding carboxylic acids is 1. The standard InChI is InChI=1S/C16H24BClN6O4/c1-11(12-5-7-13(18)8-6-12)20-15(25)10-24-16(21-22-23-24)14(19)4-2-3-9-28-17(26)27/h5-8,11,14,26-27H,2-4,9-10,19H2,1H3,(H,20,25)/t11-,14?/m0/s1. The molecule has 12 heteroatoms. The first-order valence-electron chi connectivity index (χ1n) is 8.91. The molecule has 0 spiro atoms. The van der Waals surface area contributed by atoms with Crippen molar-refractivity contribution in [1.29, 1.82) is 0 Å². The van der Waals surface area contributed by atoms with Gasteiger partial charge in [-0.05, 0) is 54.3 Å². The molecule has 0 fully saturated rings. The number of nitrogens with zero attached hydrogens (tertiary/aromatic N) is 4. The maximum absolute atomic E-state index is 12.3. The van der Waals surface area contributed by atoms with Gasteiger partial charge in [0.2, 0.25) is 5.91 Å². The minimum Gasteiger partial charge on any atom is -0.402 e. The number of nitrogens with two attached hydrogens (primary N) is 1. The Labute approximate surface area is 168 Å². The number of rotatable bonds is 11. The van der Waals surface area contributed by atoms with Crippen LogP contribution in [-0.4, -0.2) is 50.1 Å². The third-order valence-electron chi connectivity index (χ3n) is 4.11. The molecule has 0 radical (unpaired) electrons. The van der Waals surface area contributed by atoms with Crippen LogP contribution < -0.4 is 11.1 Å². The molecular formula is C16H24BClN6O4. The molecule has 152 valence electrons. The first-order chi connectivity index (χ1) is 13.4. The van der Waals surface area contributed by atoms with Crippen LogP contribution in [0.5, 0.6) is 0 Å². The summed E-state index contributed by atoms with van der Waals surface area (Å²) < 4.78 is 6.01. The molecule has 0 saturated carbocycles. The van der Waals surface area contributed by atoms with E-state index in [2.05, 4.69) is 25.5 Å². The predicted octanol–water partition coefficient (Wildman–Crippen LogP) is 0.360. The number of unbranched alkanes of at least 4 members (excludes halogenated alkanes) is 1. The summed E-state index contributed by atoms with van der Waals surface area (Å²) in [5.41, 5.74) is 7.05. The van der Waals surface area contributed by atoms with E-state index in [4.69, 9.17) is 27.4 Å². The van der Waals surface area contributed by atoms with E-state index in [1.165, 1.54) is 4.68 Å². The van der Waals surface area contributed by atoms with E-state index in [0.29, 0.717) is 30.1 Å². The fourth-order valence-electron chi connectivity index (χ4n) is 2.63. The fraction of sp³-hybridized carbons (Fsp3) is 0.500. The smallest absolute Gasteiger partial charge is 0.402 e. The van der Waals surface area contributed by atoms with Crippen LogP contribution in [0.4, 0.5) is 0 Å². The molecule has 0 saturated heterocycles. The summed E-state index contributed by atoms with van der Waals surface area (Å²) in [6, 6.07) is 6.60. The third kappa shape index (κ3) is 7.17. The number of hydrogen-bond donors (Lipinski definition) is 4. The lowest BCUT2D eigenvalue weighted by Gasteiger charge is -2.15. The Morgan fingerprint density at radius 1 is 1.36 bits per heavy atom. The molecule has 1 unspecified atom stereocenters. The van der Waals surface area contributed by atoms with Gasteiger partial charge >= 0.3 is 7.32 Å². The second-order valence-electron chi connectivity index (χ2n) is 6.33. The molecule has 1 amide bonds. The number of nitrogens with one attached hydrogen (secondary N) is 1. The Kier molecular flexibility index (Phi) is 8.80. The average Bonchev–Trinajstić information content (AvgIpc) is 3.09. The maximum atomic E-state index is 12.3. The highest BCUT2D eigenvalue weighted by atomic mass is 35.5. The van der Waals surface area contributed by atoms with Gasteiger partial charge in [0.15, 0.2) is 5.82 Å². The number of halogens is 1. The zero-order valence-corrected chi connectivity index (χ0v) is 16.3. The van der Waals surface area contributed by atoms with Gasteiger partial charge in [-0.2, -0.15) is 0 Å². The van der Waals surface area contributed by atoms with Crippen molar-refractivity contribution in [3.05, 3.63) is 40.7 Å². The van der Waals surface area contributed by atoms with Gasteiger partial charge in [0.05, 0.1) is 12.1 Å². The van der Waals surface area contributed by atoms with E-state index in [-0.39, 0.29) is 25.1 Å². The van der Waals surface area contributed by atoms with Crippen molar-refractivity contribution in [3.8, 4) is 0 Å². The summed E-state index contributed by atoms with van der Waals surface area (Å²) in [7, 11) is -1.77. The Balaban J connectivity index is 1.83. The summed E-state index contributed by atoms with van der Waals surface area (Å²) in [6.45, 7) is 2.03. The molecule has 0 bridgehead atoms. The molecule has 10 nitrogen and oxygen atoms in total. The molecule has 1 aromatic carbocycles. The Morgan fingerprint density at radius 2 is 2.07 bits per heavy atom. The van der Waals surface area contributed by atoms with Crippen LogP contribution in [0.2, 0.25) is 5.02 Å². The largest absolute Gasteiger partial charge is 0.633 e. The van der Waals surface area contributed by atoms with Crippen molar-refractivity contribution in [2.75, 3.05) is 6.61 Å². The molecule has 2 rings (SSSR count). The van der Waals surface area contributed by atoms with Gasteiger partial charge in [0.25, 0.3) is 0 Å². The van der Waals surface area contributed by atoms with E-state index in [9.17, 15) is 4.79 Å². The van der Waals surface area contributed by atoms with Crippen molar-refractivity contribution in [2.45, 2.75) is 44.8 Å². The number of benzene rings is 1. The molecule has 0 aliphatic heterocycles. The average molecular weight is 411 g/mol.